The second-order valence-corrected chi connectivity index (χ2v) is 6.64. The molecular formula is C11H14BrO4P. The van der Waals surface area contributed by atoms with E-state index in [9.17, 15) is 9.36 Å². The normalized spacial score (nSPS) is 11.5. The molecule has 17 heavy (non-hydrogen) atoms. The van der Waals surface area contributed by atoms with Crippen molar-refractivity contribution in [3.05, 3.63) is 33.8 Å². The summed E-state index contributed by atoms with van der Waals surface area (Å²) in [7, 11) is -0.762. The van der Waals surface area contributed by atoms with E-state index in [1.165, 1.54) is 14.2 Å². The van der Waals surface area contributed by atoms with Crippen LogP contribution < -0.4 is 0 Å². The second kappa shape index (κ2) is 5.91. The maximum atomic E-state index is 11.9. The molecule has 6 heteroatoms. The van der Waals surface area contributed by atoms with Gasteiger partial charge in [0.15, 0.2) is 5.78 Å². The fourth-order valence-electron chi connectivity index (χ4n) is 1.24. The molecule has 0 bridgehead atoms. The Morgan fingerprint density at radius 1 is 1.35 bits per heavy atom. The number of carbonyl (C=O) groups is 1. The number of ketones is 1. The fraction of sp³-hybridized carbons (Fsp3) is 0.364. The van der Waals surface area contributed by atoms with Crippen LogP contribution in [0.3, 0.4) is 0 Å². The molecular weight excluding hydrogens is 307 g/mol. The van der Waals surface area contributed by atoms with Gasteiger partial charge in [-0.15, -0.1) is 0 Å². The maximum Gasteiger partial charge on any atom is 0.337 e. The van der Waals surface area contributed by atoms with Crippen molar-refractivity contribution in [2.45, 2.75) is 6.92 Å². The molecule has 94 valence electrons. The van der Waals surface area contributed by atoms with Crippen molar-refractivity contribution in [3.8, 4) is 0 Å². The summed E-state index contributed by atoms with van der Waals surface area (Å²) in [6, 6.07) is 5.22. The molecule has 0 aliphatic rings. The number of hydrogen-bond donors (Lipinski definition) is 0. The molecule has 0 N–H and O–H groups in total. The van der Waals surface area contributed by atoms with E-state index >= 15 is 0 Å². The highest BCUT2D eigenvalue weighted by atomic mass is 79.9. The Morgan fingerprint density at radius 2 is 1.94 bits per heavy atom. The van der Waals surface area contributed by atoms with Crippen molar-refractivity contribution in [1.29, 1.82) is 0 Å². The molecule has 0 atom stereocenters. The lowest BCUT2D eigenvalue weighted by atomic mass is 10.1. The van der Waals surface area contributed by atoms with E-state index in [-0.39, 0.29) is 11.9 Å². The standard InChI is InChI=1S/C11H14BrO4P/c1-8-4-5-9(6-10(8)12)11(13)7-17(14,15-2)16-3/h4-6H,7H2,1-3H3. The summed E-state index contributed by atoms with van der Waals surface area (Å²) in [5.74, 6) is -0.266. The van der Waals surface area contributed by atoms with Crippen molar-refractivity contribution in [3.63, 3.8) is 0 Å². The van der Waals surface area contributed by atoms with Crippen molar-refractivity contribution in [2.24, 2.45) is 0 Å². The number of rotatable bonds is 5. The van der Waals surface area contributed by atoms with Crippen LogP contribution in [0, 0.1) is 6.92 Å². The Balaban J connectivity index is 2.90. The summed E-state index contributed by atoms with van der Waals surface area (Å²) in [4.78, 5) is 11.9. The molecule has 0 heterocycles. The summed E-state index contributed by atoms with van der Waals surface area (Å²) in [6.45, 7) is 1.92. The molecule has 0 amide bonds. The van der Waals surface area contributed by atoms with Crippen LogP contribution in [0.2, 0.25) is 0 Å². The highest BCUT2D eigenvalue weighted by Gasteiger charge is 2.26. The van der Waals surface area contributed by atoms with Gasteiger partial charge < -0.3 is 9.05 Å². The van der Waals surface area contributed by atoms with Gasteiger partial charge in [-0.05, 0) is 18.6 Å². The number of hydrogen-bond acceptors (Lipinski definition) is 4. The number of aryl methyl sites for hydroxylation is 1. The van der Waals surface area contributed by atoms with Crippen molar-refractivity contribution >= 4 is 29.3 Å². The second-order valence-electron chi connectivity index (χ2n) is 3.52. The minimum Gasteiger partial charge on any atom is -0.312 e. The average molecular weight is 321 g/mol. The molecule has 1 aromatic rings. The monoisotopic (exact) mass is 320 g/mol. The van der Waals surface area contributed by atoms with Gasteiger partial charge in [-0.2, -0.15) is 0 Å². The van der Waals surface area contributed by atoms with Gasteiger partial charge in [-0.25, -0.2) is 0 Å². The van der Waals surface area contributed by atoms with Gasteiger partial charge in [0.2, 0.25) is 0 Å². The van der Waals surface area contributed by atoms with E-state index in [1.54, 1.807) is 12.1 Å². The smallest absolute Gasteiger partial charge is 0.312 e. The van der Waals surface area contributed by atoms with Crippen molar-refractivity contribution in [2.75, 3.05) is 20.4 Å². The van der Waals surface area contributed by atoms with Gasteiger partial charge in [0.05, 0.1) is 0 Å². The highest BCUT2D eigenvalue weighted by molar-refractivity contribution is 9.10. The fourth-order valence-corrected chi connectivity index (χ4v) is 2.56. The van der Waals surface area contributed by atoms with E-state index in [0.717, 1.165) is 10.0 Å². The Morgan fingerprint density at radius 3 is 2.41 bits per heavy atom. The molecule has 0 aliphatic carbocycles. The molecule has 1 aromatic carbocycles. The SMILES string of the molecule is COP(=O)(CC(=O)c1ccc(C)c(Br)c1)OC. The molecule has 1 rings (SSSR count). The summed E-state index contributed by atoms with van der Waals surface area (Å²) in [6.07, 6.45) is -0.254. The number of carbonyl (C=O) groups excluding carboxylic acids is 1. The van der Waals surface area contributed by atoms with Gasteiger partial charge >= 0.3 is 7.60 Å². The lowest BCUT2D eigenvalue weighted by Crippen LogP contribution is -2.08. The van der Waals surface area contributed by atoms with Crippen molar-refractivity contribution < 1.29 is 18.4 Å². The zero-order valence-electron chi connectivity index (χ0n) is 9.90. The number of Topliss-reactive ketones (excluding diaryl/α,β-unsaturated/α-hetero) is 1. The lowest BCUT2D eigenvalue weighted by Gasteiger charge is -2.12. The van der Waals surface area contributed by atoms with Gasteiger partial charge in [0.1, 0.15) is 6.16 Å². The minimum atomic E-state index is -3.29. The van der Waals surface area contributed by atoms with Crippen LogP contribution in [0.5, 0.6) is 0 Å². The topological polar surface area (TPSA) is 52.6 Å². The van der Waals surface area contributed by atoms with Gasteiger partial charge in [-0.3, -0.25) is 9.36 Å². The molecule has 0 radical (unpaired) electrons. The minimum absolute atomic E-state index is 0.254. The van der Waals surface area contributed by atoms with E-state index in [4.69, 9.17) is 9.05 Å². The largest absolute Gasteiger partial charge is 0.337 e. The quantitative estimate of drug-likeness (QED) is 0.616. The average Bonchev–Trinajstić information content (AvgIpc) is 2.32. The lowest BCUT2D eigenvalue weighted by molar-refractivity contribution is 0.101. The first kappa shape index (κ1) is 14.6. The predicted molar refractivity (Wildman–Crippen MR) is 69.7 cm³/mol. The van der Waals surface area contributed by atoms with E-state index in [0.29, 0.717) is 5.56 Å². The molecule has 4 nitrogen and oxygen atoms in total. The van der Waals surface area contributed by atoms with Crippen LogP contribution in [0.15, 0.2) is 22.7 Å². The summed E-state index contributed by atoms with van der Waals surface area (Å²) < 4.78 is 22.1. The van der Waals surface area contributed by atoms with E-state index < -0.39 is 7.60 Å². The zero-order chi connectivity index (χ0) is 13.1. The summed E-state index contributed by atoms with van der Waals surface area (Å²) >= 11 is 3.34. The third-order valence-electron chi connectivity index (χ3n) is 2.39. The zero-order valence-corrected chi connectivity index (χ0v) is 12.4. The van der Waals surface area contributed by atoms with E-state index in [1.807, 2.05) is 13.0 Å². The Labute approximate surface area is 109 Å². The summed E-state index contributed by atoms with van der Waals surface area (Å²) in [5, 5.41) is 0. The highest BCUT2D eigenvalue weighted by Crippen LogP contribution is 2.46. The first-order valence-electron chi connectivity index (χ1n) is 4.92. The molecule has 0 saturated heterocycles. The molecule has 0 fully saturated rings. The molecule has 0 saturated carbocycles. The first-order chi connectivity index (χ1) is 7.91. The van der Waals surface area contributed by atoms with Crippen LogP contribution in [0.25, 0.3) is 0 Å². The predicted octanol–water partition coefficient (Wildman–Crippen LogP) is 3.43. The van der Waals surface area contributed by atoms with Crippen LogP contribution in [-0.2, 0) is 13.6 Å². The number of benzene rings is 1. The molecule has 0 aliphatic heterocycles. The maximum absolute atomic E-state index is 11.9. The Hall–Kier alpha value is -0.480. The van der Waals surface area contributed by atoms with Gasteiger partial charge in [0, 0.05) is 24.3 Å². The van der Waals surface area contributed by atoms with Crippen molar-refractivity contribution in [1.82, 2.24) is 0 Å². The Bertz CT molecular complexity index is 465. The van der Waals surface area contributed by atoms with E-state index in [2.05, 4.69) is 15.9 Å². The number of halogens is 1. The third-order valence-corrected chi connectivity index (χ3v) is 5.03. The third kappa shape index (κ3) is 3.75. The van der Waals surface area contributed by atoms with Crippen LogP contribution in [0.1, 0.15) is 15.9 Å². The van der Waals surface area contributed by atoms with Crippen LogP contribution >= 0.6 is 23.5 Å². The first-order valence-corrected chi connectivity index (χ1v) is 7.44. The Kier molecular flexibility index (Phi) is 5.07. The van der Waals surface area contributed by atoms with Gasteiger partial charge in [0.25, 0.3) is 0 Å². The van der Waals surface area contributed by atoms with Crippen LogP contribution in [-0.4, -0.2) is 26.2 Å². The van der Waals surface area contributed by atoms with Crippen LogP contribution in [0.4, 0.5) is 0 Å². The molecule has 0 spiro atoms. The molecule has 0 aromatic heterocycles. The molecule has 0 unspecified atom stereocenters. The van der Waals surface area contributed by atoms with Gasteiger partial charge in [-0.1, -0.05) is 28.1 Å². The summed E-state index contributed by atoms with van der Waals surface area (Å²) in [5.41, 5.74) is 1.51.